The maximum absolute atomic E-state index is 10.9. The maximum Gasteiger partial charge on any atom is 0.347 e. The van der Waals surface area contributed by atoms with E-state index in [1.54, 1.807) is 19.3 Å². The molecule has 8 heteroatoms. The lowest BCUT2D eigenvalue weighted by atomic mass is 10.4. The van der Waals surface area contributed by atoms with Crippen molar-refractivity contribution in [2.45, 2.75) is 16.4 Å². The van der Waals surface area contributed by atoms with E-state index in [-0.39, 0.29) is 4.88 Å². The van der Waals surface area contributed by atoms with Crippen LogP contribution in [0.3, 0.4) is 0 Å². The Morgan fingerprint density at radius 2 is 2.12 bits per heavy atom. The fourth-order valence-electron chi connectivity index (χ4n) is 1.04. The highest BCUT2D eigenvalue weighted by Gasteiger charge is 2.15. The van der Waals surface area contributed by atoms with Crippen LogP contribution in [0.1, 0.15) is 15.4 Å². The minimum atomic E-state index is -0.955. The lowest BCUT2D eigenvalue weighted by molar-refractivity contribution is 0.0701. The van der Waals surface area contributed by atoms with E-state index in [9.17, 15) is 4.79 Å². The van der Waals surface area contributed by atoms with Crippen LogP contribution in [0.5, 0.6) is 0 Å². The van der Waals surface area contributed by atoms with Gasteiger partial charge in [0, 0.05) is 12.4 Å². The molecular formula is C9H6BrN3O2S2. The Bertz CT molecular complexity index is 556. The Balaban J connectivity index is 2.22. The van der Waals surface area contributed by atoms with E-state index in [4.69, 9.17) is 5.11 Å². The molecule has 2 aromatic heterocycles. The van der Waals surface area contributed by atoms with Gasteiger partial charge >= 0.3 is 5.97 Å². The van der Waals surface area contributed by atoms with Crippen molar-refractivity contribution in [1.82, 2.24) is 15.0 Å². The second-order valence-electron chi connectivity index (χ2n) is 2.99. The number of hydrogen-bond acceptors (Lipinski definition) is 6. The summed E-state index contributed by atoms with van der Waals surface area (Å²) in [4.78, 5) is 23.4. The Morgan fingerprint density at radius 1 is 1.47 bits per heavy atom. The highest BCUT2D eigenvalue weighted by molar-refractivity contribution is 9.10. The van der Waals surface area contributed by atoms with Crippen LogP contribution in [0.4, 0.5) is 0 Å². The van der Waals surface area contributed by atoms with Crippen LogP contribution in [-0.2, 0) is 0 Å². The SMILES string of the molecule is Cc1nc(Sc2ncc(Br)cn2)sc1C(=O)O. The quantitative estimate of drug-likeness (QED) is 0.871. The Kier molecular flexibility index (Phi) is 3.75. The molecule has 0 aromatic carbocycles. The lowest BCUT2D eigenvalue weighted by Gasteiger charge is -1.94. The number of halogens is 1. The van der Waals surface area contributed by atoms with Gasteiger partial charge in [0.05, 0.1) is 10.2 Å². The molecule has 0 atom stereocenters. The number of carboxylic acid groups (broad SMARTS) is 1. The van der Waals surface area contributed by atoms with Gasteiger partial charge in [-0.2, -0.15) is 0 Å². The third kappa shape index (κ3) is 3.02. The highest BCUT2D eigenvalue weighted by atomic mass is 79.9. The van der Waals surface area contributed by atoms with E-state index in [0.717, 1.165) is 15.8 Å². The second kappa shape index (κ2) is 5.11. The first kappa shape index (κ1) is 12.5. The summed E-state index contributed by atoms with van der Waals surface area (Å²) in [6, 6.07) is 0. The fraction of sp³-hybridized carbons (Fsp3) is 0.111. The van der Waals surface area contributed by atoms with Gasteiger partial charge < -0.3 is 5.11 Å². The molecule has 5 nitrogen and oxygen atoms in total. The zero-order valence-corrected chi connectivity index (χ0v) is 11.8. The third-order valence-corrected chi connectivity index (χ3v) is 4.26. The van der Waals surface area contributed by atoms with Gasteiger partial charge in [0.15, 0.2) is 9.50 Å². The molecule has 88 valence electrons. The Morgan fingerprint density at radius 3 is 2.65 bits per heavy atom. The van der Waals surface area contributed by atoms with Crippen LogP contribution in [0.15, 0.2) is 26.4 Å². The lowest BCUT2D eigenvalue weighted by Crippen LogP contribution is -1.94. The van der Waals surface area contributed by atoms with E-state index >= 15 is 0 Å². The number of aryl methyl sites for hydroxylation is 1. The molecule has 0 aliphatic rings. The molecule has 0 aliphatic carbocycles. The van der Waals surface area contributed by atoms with Gasteiger partial charge in [-0.15, -0.1) is 0 Å². The zero-order valence-electron chi connectivity index (χ0n) is 8.55. The van der Waals surface area contributed by atoms with Crippen molar-refractivity contribution in [3.05, 3.63) is 27.4 Å². The molecule has 0 saturated heterocycles. The molecule has 0 unspecified atom stereocenters. The second-order valence-corrected chi connectivity index (χ2v) is 6.11. The van der Waals surface area contributed by atoms with Crippen molar-refractivity contribution >= 4 is 45.0 Å². The summed E-state index contributed by atoms with van der Waals surface area (Å²) in [6.07, 6.45) is 3.27. The molecule has 2 heterocycles. The van der Waals surface area contributed by atoms with Gasteiger partial charge in [0.1, 0.15) is 4.88 Å². The van der Waals surface area contributed by atoms with Gasteiger partial charge in [-0.25, -0.2) is 19.7 Å². The Labute approximate surface area is 113 Å². The van der Waals surface area contributed by atoms with Crippen LogP contribution in [0, 0.1) is 6.92 Å². The summed E-state index contributed by atoms with van der Waals surface area (Å²) in [5.41, 5.74) is 0.516. The predicted octanol–water partition coefficient (Wildman–Crippen LogP) is 2.85. The number of nitrogens with zero attached hydrogens (tertiary/aromatic N) is 3. The van der Waals surface area contributed by atoms with Gasteiger partial charge in [-0.3, -0.25) is 0 Å². The molecule has 0 amide bonds. The molecule has 0 bridgehead atoms. The first-order valence-corrected chi connectivity index (χ1v) is 6.85. The van der Waals surface area contributed by atoms with E-state index in [1.165, 1.54) is 11.8 Å². The standard InChI is InChI=1S/C9H6BrN3O2S2/c1-4-6(7(14)15)16-9(13-4)17-8-11-2-5(10)3-12-8/h2-3H,1H3,(H,14,15). The summed E-state index contributed by atoms with van der Waals surface area (Å²) in [5.74, 6) is -0.955. The van der Waals surface area contributed by atoms with Crippen molar-refractivity contribution in [3.8, 4) is 0 Å². The maximum atomic E-state index is 10.9. The Hall–Kier alpha value is -0.990. The highest BCUT2D eigenvalue weighted by Crippen LogP contribution is 2.30. The van der Waals surface area contributed by atoms with Gasteiger partial charge in [0.2, 0.25) is 0 Å². The molecular weight excluding hydrogens is 326 g/mol. The first-order chi connectivity index (χ1) is 8.06. The third-order valence-electron chi connectivity index (χ3n) is 1.75. The summed E-state index contributed by atoms with van der Waals surface area (Å²) in [6.45, 7) is 1.67. The van der Waals surface area contributed by atoms with E-state index in [0.29, 0.717) is 15.2 Å². The summed E-state index contributed by atoms with van der Waals surface area (Å²) in [5, 5.41) is 9.45. The average molecular weight is 332 g/mol. The monoisotopic (exact) mass is 331 g/mol. The fourth-order valence-corrected chi connectivity index (χ4v) is 3.08. The topological polar surface area (TPSA) is 76.0 Å². The molecule has 0 radical (unpaired) electrons. The van der Waals surface area contributed by atoms with Crippen LogP contribution in [0.25, 0.3) is 0 Å². The number of thiazole rings is 1. The number of rotatable bonds is 3. The normalized spacial score (nSPS) is 10.5. The molecule has 0 aliphatic heterocycles. The van der Waals surface area contributed by atoms with Crippen molar-refractivity contribution in [1.29, 1.82) is 0 Å². The minimum Gasteiger partial charge on any atom is -0.477 e. The number of hydrogen-bond donors (Lipinski definition) is 1. The van der Waals surface area contributed by atoms with Gasteiger partial charge in [0.25, 0.3) is 0 Å². The van der Waals surface area contributed by atoms with E-state index in [2.05, 4.69) is 30.9 Å². The molecule has 0 saturated carbocycles. The molecule has 2 aromatic rings. The van der Waals surface area contributed by atoms with Crippen molar-refractivity contribution in [2.75, 3.05) is 0 Å². The minimum absolute atomic E-state index is 0.254. The average Bonchev–Trinajstić information content (AvgIpc) is 2.63. The van der Waals surface area contributed by atoms with E-state index < -0.39 is 5.97 Å². The van der Waals surface area contributed by atoms with Crippen LogP contribution >= 0.6 is 39.0 Å². The largest absolute Gasteiger partial charge is 0.477 e. The van der Waals surface area contributed by atoms with Gasteiger partial charge in [-0.05, 0) is 34.6 Å². The first-order valence-electron chi connectivity index (χ1n) is 4.42. The summed E-state index contributed by atoms with van der Waals surface area (Å²) >= 11 is 5.62. The van der Waals surface area contributed by atoms with Crippen molar-refractivity contribution < 1.29 is 9.90 Å². The van der Waals surface area contributed by atoms with Gasteiger partial charge in [-0.1, -0.05) is 11.3 Å². The predicted molar refractivity (Wildman–Crippen MR) is 67.7 cm³/mol. The molecule has 17 heavy (non-hydrogen) atoms. The number of carbonyl (C=O) groups is 1. The van der Waals surface area contributed by atoms with Crippen molar-refractivity contribution in [2.24, 2.45) is 0 Å². The van der Waals surface area contributed by atoms with Crippen LogP contribution in [0.2, 0.25) is 0 Å². The zero-order chi connectivity index (χ0) is 12.4. The number of carboxylic acids is 1. The number of aromatic nitrogens is 3. The van der Waals surface area contributed by atoms with Crippen molar-refractivity contribution in [3.63, 3.8) is 0 Å². The number of aromatic carboxylic acids is 1. The van der Waals surface area contributed by atoms with Crippen LogP contribution < -0.4 is 0 Å². The smallest absolute Gasteiger partial charge is 0.347 e. The molecule has 0 spiro atoms. The summed E-state index contributed by atoms with van der Waals surface area (Å²) in [7, 11) is 0. The molecule has 0 fully saturated rings. The summed E-state index contributed by atoms with van der Waals surface area (Å²) < 4.78 is 1.42. The molecule has 1 N–H and O–H groups in total. The van der Waals surface area contributed by atoms with Crippen LogP contribution in [-0.4, -0.2) is 26.0 Å². The molecule has 2 rings (SSSR count). The van der Waals surface area contributed by atoms with E-state index in [1.807, 2.05) is 0 Å².